The number of nitrogens with zero attached hydrogens (tertiary/aromatic N) is 2. The van der Waals surface area contributed by atoms with Gasteiger partial charge in [-0.05, 0) is 67.6 Å². The van der Waals surface area contributed by atoms with Crippen molar-refractivity contribution in [1.82, 2.24) is 4.98 Å². The van der Waals surface area contributed by atoms with E-state index < -0.39 is 6.10 Å². The van der Waals surface area contributed by atoms with Crippen molar-refractivity contribution in [2.75, 3.05) is 5.32 Å². The summed E-state index contributed by atoms with van der Waals surface area (Å²) in [4.78, 5) is 17.1. The van der Waals surface area contributed by atoms with Crippen LogP contribution in [0.3, 0.4) is 0 Å². The van der Waals surface area contributed by atoms with E-state index >= 15 is 0 Å². The number of amides is 1. The summed E-state index contributed by atoms with van der Waals surface area (Å²) in [5, 5.41) is 12.6. The van der Waals surface area contributed by atoms with Gasteiger partial charge < -0.3 is 10.1 Å². The van der Waals surface area contributed by atoms with E-state index in [-0.39, 0.29) is 5.91 Å². The molecule has 3 aromatic carbocycles. The molecular formula is C23H17N3O2S. The maximum Gasteiger partial charge on any atom is 0.265 e. The number of hydrogen-bond acceptors (Lipinski definition) is 5. The van der Waals surface area contributed by atoms with Crippen LogP contribution in [0.15, 0.2) is 72.8 Å². The van der Waals surface area contributed by atoms with Gasteiger partial charge in [-0.1, -0.05) is 12.1 Å². The quantitative estimate of drug-likeness (QED) is 0.498. The number of fused-ring (bicyclic) bond motifs is 1. The standard InChI is InChI=1S/C23H17N3O2S/c1-15(28-19-12-6-16(14-24)7-13-19)22(27)25-18-10-8-17(9-11-18)23-26-20-4-2-3-5-21(20)29-23/h2-13,15H,1H3,(H,25,27). The van der Waals surface area contributed by atoms with Crippen molar-refractivity contribution in [2.45, 2.75) is 13.0 Å². The molecule has 1 heterocycles. The molecule has 0 aliphatic carbocycles. The molecule has 1 N–H and O–H groups in total. The highest BCUT2D eigenvalue weighted by atomic mass is 32.1. The van der Waals surface area contributed by atoms with Gasteiger partial charge in [0.05, 0.1) is 21.8 Å². The van der Waals surface area contributed by atoms with Gasteiger partial charge in [0.2, 0.25) is 0 Å². The minimum absolute atomic E-state index is 0.248. The Labute approximate surface area is 172 Å². The van der Waals surface area contributed by atoms with E-state index in [0.29, 0.717) is 17.0 Å². The maximum atomic E-state index is 12.4. The monoisotopic (exact) mass is 399 g/mol. The van der Waals surface area contributed by atoms with Crippen LogP contribution in [0.25, 0.3) is 20.8 Å². The zero-order valence-corrected chi connectivity index (χ0v) is 16.4. The Morgan fingerprint density at radius 1 is 1.07 bits per heavy atom. The number of nitrogens with one attached hydrogen (secondary N) is 1. The summed E-state index contributed by atoms with van der Waals surface area (Å²) in [7, 11) is 0. The highest BCUT2D eigenvalue weighted by molar-refractivity contribution is 7.21. The molecule has 0 fully saturated rings. The molecule has 29 heavy (non-hydrogen) atoms. The predicted molar refractivity (Wildman–Crippen MR) is 115 cm³/mol. The Kier molecular flexibility index (Phi) is 5.23. The number of nitriles is 1. The molecule has 1 aromatic heterocycles. The lowest BCUT2D eigenvalue weighted by Gasteiger charge is -2.15. The molecule has 6 heteroatoms. The number of ether oxygens (including phenoxy) is 1. The predicted octanol–water partition coefficient (Wildman–Crippen LogP) is 5.24. The van der Waals surface area contributed by atoms with Crippen LogP contribution < -0.4 is 10.1 Å². The molecule has 142 valence electrons. The molecule has 0 aliphatic heterocycles. The molecule has 0 aliphatic rings. The topological polar surface area (TPSA) is 75.0 Å². The SMILES string of the molecule is CC(Oc1ccc(C#N)cc1)C(=O)Nc1ccc(-c2nc3ccccc3s2)cc1. The third-order valence-corrected chi connectivity index (χ3v) is 5.44. The first-order valence-electron chi connectivity index (χ1n) is 9.06. The van der Waals surface area contributed by atoms with Gasteiger partial charge in [0.25, 0.3) is 5.91 Å². The average Bonchev–Trinajstić information content (AvgIpc) is 3.19. The number of anilines is 1. The van der Waals surface area contributed by atoms with Crippen molar-refractivity contribution < 1.29 is 9.53 Å². The van der Waals surface area contributed by atoms with E-state index in [9.17, 15) is 4.79 Å². The van der Waals surface area contributed by atoms with Crippen molar-refractivity contribution in [1.29, 1.82) is 5.26 Å². The van der Waals surface area contributed by atoms with Gasteiger partial charge >= 0.3 is 0 Å². The lowest BCUT2D eigenvalue weighted by molar-refractivity contribution is -0.122. The number of carbonyl (C=O) groups excluding carboxylic acids is 1. The lowest BCUT2D eigenvalue weighted by atomic mass is 10.2. The number of carbonyl (C=O) groups is 1. The summed E-state index contributed by atoms with van der Waals surface area (Å²) >= 11 is 1.64. The van der Waals surface area contributed by atoms with Gasteiger partial charge in [-0.15, -0.1) is 11.3 Å². The fraction of sp³-hybridized carbons (Fsp3) is 0.0870. The second-order valence-corrected chi connectivity index (χ2v) is 7.48. The Hall–Kier alpha value is -3.69. The zero-order valence-electron chi connectivity index (χ0n) is 15.6. The molecular weight excluding hydrogens is 382 g/mol. The number of thiazole rings is 1. The van der Waals surface area contributed by atoms with Gasteiger partial charge in [0.15, 0.2) is 6.10 Å². The molecule has 1 atom stereocenters. The van der Waals surface area contributed by atoms with Crippen molar-refractivity contribution in [2.24, 2.45) is 0 Å². The van der Waals surface area contributed by atoms with Crippen LogP contribution in [0.2, 0.25) is 0 Å². The Balaban J connectivity index is 1.41. The Morgan fingerprint density at radius 3 is 2.48 bits per heavy atom. The first-order chi connectivity index (χ1) is 14.1. The molecule has 1 amide bonds. The minimum Gasteiger partial charge on any atom is -0.481 e. The van der Waals surface area contributed by atoms with Crippen molar-refractivity contribution in [3.8, 4) is 22.4 Å². The summed E-state index contributed by atoms with van der Waals surface area (Å²) in [6, 6.07) is 24.3. The summed E-state index contributed by atoms with van der Waals surface area (Å²) < 4.78 is 6.79. The lowest BCUT2D eigenvalue weighted by Crippen LogP contribution is -2.30. The molecule has 0 bridgehead atoms. The second kappa shape index (κ2) is 8.13. The first-order valence-corrected chi connectivity index (χ1v) is 9.88. The van der Waals surface area contributed by atoms with Crippen LogP contribution in [0, 0.1) is 11.3 Å². The molecule has 4 rings (SSSR count). The molecule has 5 nitrogen and oxygen atoms in total. The summed E-state index contributed by atoms with van der Waals surface area (Å²) in [5.74, 6) is 0.292. The highest BCUT2D eigenvalue weighted by Crippen LogP contribution is 2.30. The number of aromatic nitrogens is 1. The highest BCUT2D eigenvalue weighted by Gasteiger charge is 2.15. The van der Waals surface area contributed by atoms with Crippen molar-refractivity contribution >= 4 is 33.1 Å². The molecule has 0 saturated heterocycles. The van der Waals surface area contributed by atoms with Gasteiger partial charge in [-0.2, -0.15) is 5.26 Å². The van der Waals surface area contributed by atoms with Crippen LogP contribution in [0.1, 0.15) is 12.5 Å². The normalized spacial score (nSPS) is 11.6. The molecule has 4 aromatic rings. The molecule has 1 unspecified atom stereocenters. The Bertz CT molecular complexity index is 1160. The van der Waals surface area contributed by atoms with Crippen molar-refractivity contribution in [3.05, 3.63) is 78.4 Å². The number of rotatable bonds is 5. The largest absolute Gasteiger partial charge is 0.481 e. The van der Waals surface area contributed by atoms with E-state index in [1.807, 2.05) is 48.5 Å². The van der Waals surface area contributed by atoms with Crippen LogP contribution in [-0.4, -0.2) is 17.0 Å². The van der Waals surface area contributed by atoms with E-state index in [0.717, 1.165) is 20.8 Å². The minimum atomic E-state index is -0.674. The number of hydrogen-bond donors (Lipinski definition) is 1. The van der Waals surface area contributed by atoms with Crippen LogP contribution >= 0.6 is 11.3 Å². The maximum absolute atomic E-state index is 12.4. The fourth-order valence-electron chi connectivity index (χ4n) is 2.80. The van der Waals surface area contributed by atoms with Crippen LogP contribution in [0.4, 0.5) is 5.69 Å². The van der Waals surface area contributed by atoms with Crippen LogP contribution in [0.5, 0.6) is 5.75 Å². The molecule has 0 spiro atoms. The smallest absolute Gasteiger partial charge is 0.265 e. The third-order valence-electron chi connectivity index (χ3n) is 4.36. The van der Waals surface area contributed by atoms with Gasteiger partial charge in [-0.25, -0.2) is 4.98 Å². The summed E-state index contributed by atoms with van der Waals surface area (Å²) in [6.07, 6.45) is -0.674. The van der Waals surface area contributed by atoms with Gasteiger partial charge in [0.1, 0.15) is 10.8 Å². The van der Waals surface area contributed by atoms with E-state index in [1.165, 1.54) is 0 Å². The number of para-hydroxylation sites is 1. The zero-order chi connectivity index (χ0) is 20.2. The fourth-order valence-corrected chi connectivity index (χ4v) is 3.77. The molecule has 0 saturated carbocycles. The van der Waals surface area contributed by atoms with Crippen molar-refractivity contribution in [3.63, 3.8) is 0 Å². The van der Waals surface area contributed by atoms with Gasteiger partial charge in [0, 0.05) is 11.3 Å². The molecule has 0 radical (unpaired) electrons. The van der Waals surface area contributed by atoms with E-state index in [1.54, 1.807) is 42.5 Å². The van der Waals surface area contributed by atoms with Gasteiger partial charge in [-0.3, -0.25) is 4.79 Å². The first kappa shape index (κ1) is 18.7. The number of benzene rings is 3. The Morgan fingerprint density at radius 2 is 1.79 bits per heavy atom. The summed E-state index contributed by atoms with van der Waals surface area (Å²) in [5.41, 5.74) is 3.22. The average molecular weight is 399 g/mol. The van der Waals surface area contributed by atoms with E-state index in [4.69, 9.17) is 10.00 Å². The van der Waals surface area contributed by atoms with E-state index in [2.05, 4.69) is 16.4 Å². The second-order valence-electron chi connectivity index (χ2n) is 6.45. The summed E-state index contributed by atoms with van der Waals surface area (Å²) in [6.45, 7) is 1.68. The van der Waals surface area contributed by atoms with Crippen LogP contribution in [-0.2, 0) is 4.79 Å². The third kappa shape index (κ3) is 4.26.